The number of methoxy groups -OCH3 is 2. The van der Waals surface area contributed by atoms with Crippen LogP contribution >= 0.6 is 15.2 Å². The van der Waals surface area contributed by atoms with E-state index in [4.69, 9.17) is 37.0 Å². The molecule has 0 aliphatic rings. The Balaban J connectivity index is 2.35. The average molecular weight is 689 g/mol. The predicted molar refractivity (Wildman–Crippen MR) is 172 cm³/mol. The lowest BCUT2D eigenvalue weighted by molar-refractivity contribution is -0.126. The molecule has 2 N–H and O–H groups in total. The summed E-state index contributed by atoms with van der Waals surface area (Å²) in [6.45, 7) is 4.29. The third kappa shape index (κ3) is 10.4. The van der Waals surface area contributed by atoms with Crippen LogP contribution in [0.2, 0.25) is 0 Å². The zero-order valence-corrected chi connectivity index (χ0v) is 29.4. The summed E-state index contributed by atoms with van der Waals surface area (Å²) in [7, 11) is -1.19. The molecule has 0 spiro atoms. The van der Waals surface area contributed by atoms with Gasteiger partial charge in [0.05, 0.1) is 5.69 Å². The van der Waals surface area contributed by atoms with E-state index in [1.54, 1.807) is 13.2 Å². The van der Waals surface area contributed by atoms with Crippen LogP contribution in [0.15, 0.2) is 42.5 Å². The number of carbonyl (C=O) groups is 2. The monoisotopic (exact) mass is 688 g/mol. The van der Waals surface area contributed by atoms with E-state index in [0.29, 0.717) is 17.2 Å². The Morgan fingerprint density at radius 3 is 1.70 bits per heavy atom. The zero-order chi connectivity index (χ0) is 34.3. The highest BCUT2D eigenvalue weighted by atomic mass is 31.2. The molecule has 2 amide bonds. The fourth-order valence-corrected chi connectivity index (χ4v) is 9.20. The molecule has 0 aliphatic carbocycles. The van der Waals surface area contributed by atoms with E-state index in [0.717, 1.165) is 52.4 Å². The summed E-state index contributed by atoms with van der Waals surface area (Å²) in [5, 5.41) is 5.00. The van der Waals surface area contributed by atoms with Crippen molar-refractivity contribution < 1.29 is 55.8 Å². The molecule has 2 aromatic carbocycles. The molecular weight excluding hydrogens is 642 g/mol. The quantitative estimate of drug-likeness (QED) is 0.0889. The number of hydrogen-bond donors (Lipinski definition) is 2. The first kappa shape index (κ1) is 39.4. The van der Waals surface area contributed by atoms with Gasteiger partial charge in [-0.2, -0.15) is 0 Å². The number of hydrogen-bond acceptors (Lipinski definition) is 12. The van der Waals surface area contributed by atoms with Gasteiger partial charge in [0.1, 0.15) is 17.9 Å². The number of benzene rings is 2. The maximum atomic E-state index is 13.1. The SMILES string of the molecule is CCC(c1ccc(OCOC)cc1)C(CC)c1ccc(OCOC)c(NC(=O)CC(=O)NC(P(=O)(OC)OC)P(=O)(OC)OC)c1. The zero-order valence-electron chi connectivity index (χ0n) is 27.6. The molecule has 2 atom stereocenters. The number of ether oxygens (including phenoxy) is 4. The third-order valence-electron chi connectivity index (χ3n) is 7.28. The molecule has 0 aromatic heterocycles. The van der Waals surface area contributed by atoms with Gasteiger partial charge in [-0.05, 0) is 60.1 Å². The second kappa shape index (κ2) is 19.1. The van der Waals surface area contributed by atoms with Crippen molar-refractivity contribution in [1.29, 1.82) is 0 Å². The molecule has 258 valence electrons. The van der Waals surface area contributed by atoms with Crippen molar-refractivity contribution in [3.05, 3.63) is 53.6 Å². The second-order valence-corrected chi connectivity index (χ2v) is 15.0. The lowest BCUT2D eigenvalue weighted by Crippen LogP contribution is -2.38. The van der Waals surface area contributed by atoms with Gasteiger partial charge < -0.3 is 47.7 Å². The molecule has 0 bridgehead atoms. The van der Waals surface area contributed by atoms with Crippen molar-refractivity contribution in [2.45, 2.75) is 50.5 Å². The normalized spacial score (nSPS) is 13.2. The van der Waals surface area contributed by atoms with E-state index in [-0.39, 0.29) is 25.4 Å². The molecule has 2 rings (SSSR count). The van der Waals surface area contributed by atoms with E-state index in [2.05, 4.69) is 24.5 Å². The van der Waals surface area contributed by atoms with Gasteiger partial charge in [0.15, 0.2) is 13.6 Å². The highest BCUT2D eigenvalue weighted by Crippen LogP contribution is 2.68. The Morgan fingerprint density at radius 2 is 1.20 bits per heavy atom. The van der Waals surface area contributed by atoms with E-state index in [1.165, 1.54) is 7.11 Å². The van der Waals surface area contributed by atoms with E-state index >= 15 is 0 Å². The van der Waals surface area contributed by atoms with Gasteiger partial charge in [-0.15, -0.1) is 0 Å². The summed E-state index contributed by atoms with van der Waals surface area (Å²) in [6.07, 6.45) is 0.910. The molecule has 2 unspecified atom stereocenters. The molecule has 2 aromatic rings. The Kier molecular flexibility index (Phi) is 16.4. The largest absolute Gasteiger partial charge is 0.468 e. The first-order chi connectivity index (χ1) is 22.0. The molecule has 0 aliphatic heterocycles. The fourth-order valence-electron chi connectivity index (χ4n) is 4.98. The molecule has 0 radical (unpaired) electrons. The van der Waals surface area contributed by atoms with Crippen LogP contribution in [0.3, 0.4) is 0 Å². The first-order valence-electron chi connectivity index (χ1n) is 14.5. The standard InChI is InChI=1S/C30H46N2O12P2/c1-9-24(21-11-14-23(15-12-21)43-19-37-3)25(10-2)22-13-16-27(44-20-38-4)26(17-22)31-28(33)18-29(34)32-30(45(35,39-5)40-6)46(36,41-7)42-8/h11-17,24-25,30H,9-10,18-20H2,1-8H3,(H,31,33)(H,32,34). The predicted octanol–water partition coefficient (Wildman–Crippen LogP) is 6.04. The summed E-state index contributed by atoms with van der Waals surface area (Å²) in [6, 6.07) is 13.4. The topological polar surface area (TPSA) is 166 Å². The summed E-state index contributed by atoms with van der Waals surface area (Å²) in [5.41, 5.74) is 0.566. The molecule has 14 nitrogen and oxygen atoms in total. The Labute approximate surface area is 270 Å². The number of carbonyl (C=O) groups excluding carboxylic acids is 2. The summed E-state index contributed by atoms with van der Waals surface area (Å²) in [4.78, 5) is 26.1. The second-order valence-electron chi connectivity index (χ2n) is 9.93. The minimum Gasteiger partial charge on any atom is -0.468 e. The number of nitrogens with one attached hydrogen (secondary N) is 2. The van der Waals surface area contributed by atoms with Crippen LogP contribution in [0, 0.1) is 0 Å². The van der Waals surface area contributed by atoms with Gasteiger partial charge in [0.2, 0.25) is 17.3 Å². The lowest BCUT2D eigenvalue weighted by Gasteiger charge is -2.29. The van der Waals surface area contributed by atoms with Gasteiger partial charge in [0.25, 0.3) is 0 Å². The molecular formula is C30H46N2O12P2. The lowest BCUT2D eigenvalue weighted by atomic mass is 9.78. The molecule has 0 saturated carbocycles. The van der Waals surface area contributed by atoms with Crippen LogP contribution in [0.25, 0.3) is 0 Å². The minimum atomic E-state index is -4.22. The van der Waals surface area contributed by atoms with Crippen LogP contribution in [0.4, 0.5) is 5.69 Å². The van der Waals surface area contributed by atoms with Gasteiger partial charge in [0, 0.05) is 42.7 Å². The summed E-state index contributed by atoms with van der Waals surface area (Å²) < 4.78 is 67.2. The number of amides is 2. The highest BCUT2D eigenvalue weighted by Gasteiger charge is 2.50. The molecule has 0 heterocycles. The van der Waals surface area contributed by atoms with Crippen molar-refractivity contribution >= 4 is 32.7 Å². The number of rotatable bonds is 21. The van der Waals surface area contributed by atoms with Gasteiger partial charge in [-0.3, -0.25) is 18.7 Å². The van der Waals surface area contributed by atoms with Crippen LogP contribution < -0.4 is 20.1 Å². The van der Waals surface area contributed by atoms with Crippen LogP contribution in [0.1, 0.15) is 56.1 Å². The summed E-state index contributed by atoms with van der Waals surface area (Å²) >= 11 is 0. The maximum Gasteiger partial charge on any atom is 0.364 e. The Morgan fingerprint density at radius 1 is 0.696 bits per heavy atom. The number of anilines is 1. The van der Waals surface area contributed by atoms with E-state index in [1.807, 2.05) is 36.4 Å². The summed E-state index contributed by atoms with van der Waals surface area (Å²) in [5.74, 6) is -0.414. The fraction of sp³-hybridized carbons (Fsp3) is 0.533. The molecule has 16 heteroatoms. The molecule has 0 fully saturated rings. The Bertz CT molecular complexity index is 1320. The van der Waals surface area contributed by atoms with E-state index < -0.39 is 39.0 Å². The van der Waals surface area contributed by atoms with Crippen molar-refractivity contribution in [2.75, 3.05) is 61.6 Å². The van der Waals surface area contributed by atoms with Gasteiger partial charge >= 0.3 is 15.2 Å². The Hall–Kier alpha value is -2.80. The minimum absolute atomic E-state index is 0.0707. The molecule has 46 heavy (non-hydrogen) atoms. The van der Waals surface area contributed by atoms with Gasteiger partial charge in [-0.1, -0.05) is 32.0 Å². The van der Waals surface area contributed by atoms with Crippen molar-refractivity contribution in [3.63, 3.8) is 0 Å². The smallest absolute Gasteiger partial charge is 0.364 e. The van der Waals surface area contributed by atoms with E-state index in [9.17, 15) is 18.7 Å². The molecule has 0 saturated heterocycles. The maximum absolute atomic E-state index is 13.1. The van der Waals surface area contributed by atoms with Gasteiger partial charge in [-0.25, -0.2) is 0 Å². The van der Waals surface area contributed by atoms with Crippen LogP contribution in [-0.2, 0) is 46.3 Å². The van der Waals surface area contributed by atoms with Crippen LogP contribution in [-0.4, -0.2) is 73.6 Å². The van der Waals surface area contributed by atoms with Crippen molar-refractivity contribution in [3.8, 4) is 11.5 Å². The van der Waals surface area contributed by atoms with Crippen LogP contribution in [0.5, 0.6) is 11.5 Å². The van der Waals surface area contributed by atoms with Crippen molar-refractivity contribution in [1.82, 2.24) is 5.32 Å². The highest BCUT2D eigenvalue weighted by molar-refractivity contribution is 7.72. The van der Waals surface area contributed by atoms with Crippen molar-refractivity contribution in [2.24, 2.45) is 0 Å². The first-order valence-corrected chi connectivity index (χ1v) is 17.7. The average Bonchev–Trinajstić information content (AvgIpc) is 3.07. The third-order valence-corrected chi connectivity index (χ3v) is 12.5.